The lowest BCUT2D eigenvalue weighted by molar-refractivity contribution is 0.0990. The summed E-state index contributed by atoms with van der Waals surface area (Å²) in [5.74, 6) is -0.0609. The maximum atomic E-state index is 12.9. The number of ketones is 2. The summed E-state index contributed by atoms with van der Waals surface area (Å²) in [5.41, 5.74) is 3.32. The monoisotopic (exact) mass is 431 g/mol. The van der Waals surface area contributed by atoms with Crippen LogP contribution in [0.2, 0.25) is 0 Å². The lowest BCUT2D eigenvalue weighted by atomic mass is 10.0. The number of rotatable bonds is 2. The molecule has 0 amide bonds. The van der Waals surface area contributed by atoms with Gasteiger partial charge in [-0.05, 0) is 46.7 Å². The standard InChI is InChI=1S/C27H13NO3S/c28-14-15-5-7-16(8-6-15)24-13-23-25(32-24)12-19(31-23)11-22-26(29)20-9-17-3-1-2-4-18(17)10-21(20)27(22)30/h1-13H. The van der Waals surface area contributed by atoms with Gasteiger partial charge in [-0.2, -0.15) is 5.26 Å². The van der Waals surface area contributed by atoms with E-state index < -0.39 is 0 Å². The minimum atomic E-state index is -0.270. The van der Waals surface area contributed by atoms with Gasteiger partial charge in [0.15, 0.2) is 11.6 Å². The van der Waals surface area contributed by atoms with Gasteiger partial charge in [0, 0.05) is 28.1 Å². The fourth-order valence-corrected chi connectivity index (χ4v) is 5.09. The summed E-state index contributed by atoms with van der Waals surface area (Å²) >= 11 is 1.56. The zero-order valence-electron chi connectivity index (χ0n) is 16.6. The van der Waals surface area contributed by atoms with Crippen molar-refractivity contribution in [3.8, 4) is 16.5 Å². The Balaban J connectivity index is 1.36. The van der Waals surface area contributed by atoms with Crippen molar-refractivity contribution in [1.82, 2.24) is 0 Å². The molecule has 5 heteroatoms. The van der Waals surface area contributed by atoms with E-state index in [9.17, 15) is 9.59 Å². The van der Waals surface area contributed by atoms with Crippen LogP contribution in [0.3, 0.4) is 0 Å². The van der Waals surface area contributed by atoms with E-state index >= 15 is 0 Å². The molecule has 1 aliphatic rings. The number of nitrogens with zero attached hydrogens (tertiary/aromatic N) is 1. The van der Waals surface area contributed by atoms with Gasteiger partial charge in [-0.3, -0.25) is 9.59 Å². The number of hydrogen-bond acceptors (Lipinski definition) is 5. The van der Waals surface area contributed by atoms with Gasteiger partial charge in [0.2, 0.25) is 0 Å². The van der Waals surface area contributed by atoms with Gasteiger partial charge in [-0.1, -0.05) is 36.4 Å². The summed E-state index contributed by atoms with van der Waals surface area (Å²) in [5, 5.41) is 10.8. The second-order valence-electron chi connectivity index (χ2n) is 7.64. The molecular weight excluding hydrogens is 418 g/mol. The van der Waals surface area contributed by atoms with E-state index in [4.69, 9.17) is 9.68 Å². The average molecular weight is 431 g/mol. The van der Waals surface area contributed by atoms with Crippen LogP contribution in [-0.4, -0.2) is 11.6 Å². The second-order valence-corrected chi connectivity index (χ2v) is 8.72. The minimum Gasteiger partial charge on any atom is -0.456 e. The molecule has 2 aromatic heterocycles. The lowest BCUT2D eigenvalue weighted by Gasteiger charge is -2.00. The van der Waals surface area contributed by atoms with Crippen molar-refractivity contribution < 1.29 is 14.0 Å². The predicted molar refractivity (Wildman–Crippen MR) is 125 cm³/mol. The highest BCUT2D eigenvalue weighted by Crippen LogP contribution is 2.37. The van der Waals surface area contributed by atoms with Gasteiger partial charge in [0.1, 0.15) is 11.3 Å². The Morgan fingerprint density at radius 1 is 0.844 bits per heavy atom. The summed E-state index contributed by atoms with van der Waals surface area (Å²) < 4.78 is 6.86. The van der Waals surface area contributed by atoms with E-state index in [2.05, 4.69) is 6.07 Å². The third-order valence-corrected chi connectivity index (χ3v) is 6.79. The fourth-order valence-electron chi connectivity index (χ4n) is 4.06. The number of thiophene rings is 1. The molecule has 0 radical (unpaired) electrons. The molecule has 6 rings (SSSR count). The molecule has 0 saturated carbocycles. The second kappa shape index (κ2) is 6.88. The molecular formula is C27H13NO3S. The molecule has 0 spiro atoms. The van der Waals surface area contributed by atoms with E-state index in [-0.39, 0.29) is 17.1 Å². The van der Waals surface area contributed by atoms with Crippen molar-refractivity contribution in [3.63, 3.8) is 0 Å². The molecule has 1 aliphatic carbocycles. The van der Waals surface area contributed by atoms with E-state index in [1.54, 1.807) is 41.7 Å². The predicted octanol–water partition coefficient (Wildman–Crippen LogP) is 6.65. The zero-order valence-corrected chi connectivity index (χ0v) is 17.4. The van der Waals surface area contributed by atoms with Crippen LogP contribution in [-0.2, 0) is 0 Å². The molecule has 0 bridgehead atoms. The SMILES string of the molecule is N#Cc1ccc(-c2cc3oc(C=C4C(=O)c5cc6ccccc6cc5C4=O)cc3s2)cc1. The summed E-state index contributed by atoms with van der Waals surface area (Å²) in [7, 11) is 0. The Hall–Kier alpha value is -4.27. The van der Waals surface area contributed by atoms with E-state index in [0.29, 0.717) is 28.0 Å². The van der Waals surface area contributed by atoms with Crippen LogP contribution in [0.4, 0.5) is 0 Å². The molecule has 2 heterocycles. The Bertz CT molecular complexity index is 1570. The Morgan fingerprint density at radius 2 is 1.50 bits per heavy atom. The summed E-state index contributed by atoms with van der Waals surface area (Å²) in [6, 6.07) is 24.5. The number of furan rings is 1. The number of carbonyl (C=O) groups excluding carboxylic acids is 2. The van der Waals surface area contributed by atoms with Crippen molar-refractivity contribution in [1.29, 1.82) is 5.26 Å². The number of allylic oxidation sites excluding steroid dienone is 1. The molecule has 0 fully saturated rings. The van der Waals surface area contributed by atoms with Gasteiger partial charge < -0.3 is 4.42 Å². The molecule has 0 saturated heterocycles. The molecule has 4 nitrogen and oxygen atoms in total. The number of fused-ring (bicyclic) bond motifs is 3. The first kappa shape index (κ1) is 18.5. The minimum absolute atomic E-state index is 0.129. The van der Waals surface area contributed by atoms with Crippen LogP contribution in [0.1, 0.15) is 32.0 Å². The normalized spacial score (nSPS) is 13.0. The van der Waals surface area contributed by atoms with Crippen LogP contribution in [0, 0.1) is 11.3 Å². The Labute approximate surface area is 186 Å². The lowest BCUT2D eigenvalue weighted by Crippen LogP contribution is -1.99. The van der Waals surface area contributed by atoms with Gasteiger partial charge in [-0.15, -0.1) is 11.3 Å². The highest BCUT2D eigenvalue weighted by molar-refractivity contribution is 7.22. The van der Waals surface area contributed by atoms with E-state index in [0.717, 1.165) is 25.9 Å². The average Bonchev–Trinajstić information content (AvgIpc) is 3.45. The molecule has 0 unspecified atom stereocenters. The molecule has 3 aromatic carbocycles. The first-order valence-corrected chi connectivity index (χ1v) is 10.8. The largest absolute Gasteiger partial charge is 0.456 e. The molecule has 0 aliphatic heterocycles. The zero-order chi connectivity index (χ0) is 21.8. The Kier molecular flexibility index (Phi) is 3.97. The maximum absolute atomic E-state index is 12.9. The van der Waals surface area contributed by atoms with E-state index in [1.165, 1.54) is 0 Å². The number of Topliss-reactive ketones (excluding diaryl/α,β-unsaturated/α-hetero) is 2. The number of carbonyl (C=O) groups is 2. The summed E-state index contributed by atoms with van der Waals surface area (Å²) in [6.45, 7) is 0. The molecule has 150 valence electrons. The molecule has 0 N–H and O–H groups in total. The van der Waals surface area contributed by atoms with Gasteiger partial charge in [0.25, 0.3) is 0 Å². The van der Waals surface area contributed by atoms with Gasteiger partial charge in [0.05, 0.1) is 21.9 Å². The van der Waals surface area contributed by atoms with Crippen LogP contribution >= 0.6 is 11.3 Å². The Morgan fingerprint density at radius 3 is 2.09 bits per heavy atom. The van der Waals surface area contributed by atoms with Crippen LogP contribution in [0.15, 0.2) is 82.8 Å². The topological polar surface area (TPSA) is 71.1 Å². The third kappa shape index (κ3) is 2.82. The quantitative estimate of drug-likeness (QED) is 0.232. The van der Waals surface area contributed by atoms with Crippen molar-refractivity contribution in [3.05, 3.63) is 101 Å². The fraction of sp³-hybridized carbons (Fsp3) is 0. The van der Waals surface area contributed by atoms with Crippen molar-refractivity contribution in [2.24, 2.45) is 0 Å². The summed E-state index contributed by atoms with van der Waals surface area (Å²) in [4.78, 5) is 26.9. The smallest absolute Gasteiger partial charge is 0.197 e. The highest BCUT2D eigenvalue weighted by Gasteiger charge is 2.33. The van der Waals surface area contributed by atoms with E-state index in [1.807, 2.05) is 48.5 Å². The molecule has 5 aromatic rings. The third-order valence-electron chi connectivity index (χ3n) is 5.68. The number of hydrogen-bond donors (Lipinski definition) is 0. The van der Waals surface area contributed by atoms with Crippen molar-refractivity contribution >= 4 is 50.0 Å². The molecule has 0 atom stereocenters. The van der Waals surface area contributed by atoms with Crippen molar-refractivity contribution in [2.75, 3.05) is 0 Å². The highest BCUT2D eigenvalue weighted by atomic mass is 32.1. The van der Waals surface area contributed by atoms with Gasteiger partial charge in [-0.25, -0.2) is 0 Å². The number of benzene rings is 3. The first-order valence-electron chi connectivity index (χ1n) is 9.98. The van der Waals surface area contributed by atoms with Crippen LogP contribution < -0.4 is 0 Å². The van der Waals surface area contributed by atoms with Crippen LogP contribution in [0.5, 0.6) is 0 Å². The van der Waals surface area contributed by atoms with Gasteiger partial charge >= 0.3 is 0 Å². The molecule has 32 heavy (non-hydrogen) atoms. The number of nitriles is 1. The first-order chi connectivity index (χ1) is 15.6. The van der Waals surface area contributed by atoms with Crippen molar-refractivity contribution in [2.45, 2.75) is 0 Å². The summed E-state index contributed by atoms with van der Waals surface area (Å²) in [6.07, 6.45) is 1.55. The maximum Gasteiger partial charge on any atom is 0.197 e. The van der Waals surface area contributed by atoms with Crippen LogP contribution in [0.25, 0.3) is 37.6 Å².